The molecule has 1 aliphatic heterocycles. The summed E-state index contributed by atoms with van der Waals surface area (Å²) in [4.78, 5) is 10.6. The topological polar surface area (TPSA) is 44.0 Å². The van der Waals surface area contributed by atoms with Gasteiger partial charge in [-0.15, -0.1) is 0 Å². The summed E-state index contributed by atoms with van der Waals surface area (Å²) in [6, 6.07) is 8.88. The summed E-state index contributed by atoms with van der Waals surface area (Å²) in [7, 11) is 0. The van der Waals surface area contributed by atoms with Gasteiger partial charge in [0.15, 0.2) is 0 Å². The van der Waals surface area contributed by atoms with Gasteiger partial charge in [-0.3, -0.25) is 4.90 Å². The Morgan fingerprint density at radius 3 is 3.00 bits per heavy atom. The van der Waals surface area contributed by atoms with Crippen molar-refractivity contribution in [2.75, 3.05) is 19.6 Å². The van der Waals surface area contributed by atoms with Crippen LogP contribution in [0.25, 0.3) is 11.0 Å². The summed E-state index contributed by atoms with van der Waals surface area (Å²) < 4.78 is 0. The van der Waals surface area contributed by atoms with Crippen LogP contribution in [0.5, 0.6) is 0 Å². The van der Waals surface area contributed by atoms with Crippen molar-refractivity contribution in [3.8, 4) is 0 Å². The monoisotopic (exact) mass is 258 g/mol. The second-order valence-corrected chi connectivity index (χ2v) is 5.26. The number of piperidine rings is 1. The van der Waals surface area contributed by atoms with E-state index >= 15 is 0 Å². The highest BCUT2D eigenvalue weighted by Gasteiger charge is 2.20. The summed E-state index contributed by atoms with van der Waals surface area (Å²) in [6.07, 6.45) is 2.57. The third-order valence-electron chi connectivity index (χ3n) is 3.98. The fraction of sp³-hybridized carbons (Fsp3) is 0.533. The maximum Gasteiger partial charge on any atom is 0.121 e. The molecule has 0 bridgehead atoms. The number of aromatic amines is 1. The second kappa shape index (κ2) is 5.72. The van der Waals surface area contributed by atoms with Crippen molar-refractivity contribution in [1.29, 1.82) is 0 Å². The van der Waals surface area contributed by atoms with Crippen LogP contribution in [0.2, 0.25) is 0 Å². The number of likely N-dealkylation sites (N-methyl/N-ethyl adjacent to an activating group) is 1. The first-order chi connectivity index (χ1) is 9.36. The largest absolute Gasteiger partial charge is 0.341 e. The average molecular weight is 258 g/mol. The quantitative estimate of drug-likeness (QED) is 0.883. The fourth-order valence-corrected chi connectivity index (χ4v) is 2.92. The van der Waals surface area contributed by atoms with E-state index in [2.05, 4.69) is 39.2 Å². The van der Waals surface area contributed by atoms with Gasteiger partial charge in [0.1, 0.15) is 5.82 Å². The average Bonchev–Trinajstić information content (AvgIpc) is 2.88. The van der Waals surface area contributed by atoms with Crippen LogP contribution in [0.1, 0.15) is 25.6 Å². The third-order valence-corrected chi connectivity index (χ3v) is 3.98. The minimum absolute atomic E-state index is 0.645. The Morgan fingerprint density at radius 2 is 2.26 bits per heavy atom. The van der Waals surface area contributed by atoms with Gasteiger partial charge in [-0.1, -0.05) is 19.1 Å². The van der Waals surface area contributed by atoms with Gasteiger partial charge in [0.2, 0.25) is 0 Å². The minimum atomic E-state index is 0.645. The highest BCUT2D eigenvalue weighted by molar-refractivity contribution is 5.74. The Morgan fingerprint density at radius 1 is 1.37 bits per heavy atom. The van der Waals surface area contributed by atoms with Crippen molar-refractivity contribution in [3.05, 3.63) is 30.1 Å². The van der Waals surface area contributed by atoms with Crippen LogP contribution in [0.4, 0.5) is 0 Å². The number of nitrogens with one attached hydrogen (secondary N) is 2. The molecule has 0 amide bonds. The van der Waals surface area contributed by atoms with E-state index in [-0.39, 0.29) is 0 Å². The van der Waals surface area contributed by atoms with Crippen molar-refractivity contribution in [1.82, 2.24) is 20.2 Å². The maximum atomic E-state index is 4.68. The van der Waals surface area contributed by atoms with Gasteiger partial charge in [0.05, 0.1) is 17.6 Å². The number of benzene rings is 1. The van der Waals surface area contributed by atoms with E-state index in [1.165, 1.54) is 19.4 Å². The molecule has 1 atom stereocenters. The maximum absolute atomic E-state index is 4.68. The van der Waals surface area contributed by atoms with Gasteiger partial charge < -0.3 is 10.3 Å². The van der Waals surface area contributed by atoms with Gasteiger partial charge in [-0.05, 0) is 38.1 Å². The SMILES string of the molecule is CCN(Cc1nc2ccccc2[nH]1)C1CCCNC1. The van der Waals surface area contributed by atoms with Crippen molar-refractivity contribution >= 4 is 11.0 Å². The molecule has 1 fully saturated rings. The van der Waals surface area contributed by atoms with Crippen molar-refractivity contribution in [2.24, 2.45) is 0 Å². The van der Waals surface area contributed by atoms with E-state index in [0.29, 0.717) is 6.04 Å². The molecule has 4 heteroatoms. The summed E-state index contributed by atoms with van der Waals surface area (Å²) in [5.74, 6) is 1.08. The van der Waals surface area contributed by atoms with E-state index < -0.39 is 0 Å². The predicted molar refractivity (Wildman–Crippen MR) is 78.1 cm³/mol. The Hall–Kier alpha value is -1.39. The Labute approximate surface area is 114 Å². The number of imidazole rings is 1. The summed E-state index contributed by atoms with van der Waals surface area (Å²) >= 11 is 0. The normalized spacial score (nSPS) is 20.2. The van der Waals surface area contributed by atoms with E-state index in [1.807, 2.05) is 12.1 Å². The lowest BCUT2D eigenvalue weighted by Gasteiger charge is -2.33. The zero-order valence-corrected chi connectivity index (χ0v) is 11.5. The van der Waals surface area contributed by atoms with Gasteiger partial charge in [-0.2, -0.15) is 0 Å². The minimum Gasteiger partial charge on any atom is -0.341 e. The van der Waals surface area contributed by atoms with E-state index in [4.69, 9.17) is 0 Å². The molecule has 0 spiro atoms. The number of aromatic nitrogens is 2. The van der Waals surface area contributed by atoms with Crippen LogP contribution in [-0.2, 0) is 6.54 Å². The van der Waals surface area contributed by atoms with Crippen molar-refractivity contribution in [2.45, 2.75) is 32.4 Å². The van der Waals surface area contributed by atoms with Crippen LogP contribution in [0.15, 0.2) is 24.3 Å². The van der Waals surface area contributed by atoms with Crippen molar-refractivity contribution < 1.29 is 0 Å². The van der Waals surface area contributed by atoms with E-state index in [9.17, 15) is 0 Å². The summed E-state index contributed by atoms with van der Waals surface area (Å²) in [5, 5.41) is 3.49. The second-order valence-electron chi connectivity index (χ2n) is 5.26. The lowest BCUT2D eigenvalue weighted by molar-refractivity contribution is 0.163. The highest BCUT2D eigenvalue weighted by atomic mass is 15.2. The first-order valence-electron chi connectivity index (χ1n) is 7.25. The van der Waals surface area contributed by atoms with Gasteiger partial charge >= 0.3 is 0 Å². The molecule has 1 aliphatic rings. The molecule has 102 valence electrons. The first-order valence-corrected chi connectivity index (χ1v) is 7.25. The third kappa shape index (κ3) is 2.80. The van der Waals surface area contributed by atoms with Gasteiger partial charge in [-0.25, -0.2) is 4.98 Å². The molecule has 1 saturated heterocycles. The number of fused-ring (bicyclic) bond motifs is 1. The van der Waals surface area contributed by atoms with Crippen LogP contribution in [-0.4, -0.2) is 40.5 Å². The fourth-order valence-electron chi connectivity index (χ4n) is 2.92. The molecule has 2 heterocycles. The Bertz CT molecular complexity index is 495. The molecular formula is C15H22N4. The molecule has 0 saturated carbocycles. The zero-order valence-electron chi connectivity index (χ0n) is 11.5. The highest BCUT2D eigenvalue weighted by Crippen LogP contribution is 2.15. The molecule has 4 nitrogen and oxygen atoms in total. The number of hydrogen-bond donors (Lipinski definition) is 2. The number of para-hydroxylation sites is 2. The van der Waals surface area contributed by atoms with Crippen LogP contribution in [0, 0.1) is 0 Å². The smallest absolute Gasteiger partial charge is 0.121 e. The molecule has 0 aliphatic carbocycles. The molecule has 2 aromatic rings. The first kappa shape index (κ1) is 12.6. The Kier molecular flexibility index (Phi) is 3.80. The molecule has 1 aromatic heterocycles. The number of hydrogen-bond acceptors (Lipinski definition) is 3. The van der Waals surface area contributed by atoms with Crippen LogP contribution >= 0.6 is 0 Å². The standard InChI is InChI=1S/C15H22N4/c1-2-19(12-6-5-9-16-10-12)11-15-17-13-7-3-4-8-14(13)18-15/h3-4,7-8,12,16H,2,5-6,9-11H2,1H3,(H,17,18). The molecule has 1 unspecified atom stereocenters. The van der Waals surface area contributed by atoms with Crippen LogP contribution in [0.3, 0.4) is 0 Å². The summed E-state index contributed by atoms with van der Waals surface area (Å²) in [5.41, 5.74) is 2.20. The zero-order chi connectivity index (χ0) is 13.1. The number of rotatable bonds is 4. The predicted octanol–water partition coefficient (Wildman–Crippen LogP) is 2.14. The molecular weight excluding hydrogens is 236 g/mol. The molecule has 2 N–H and O–H groups in total. The molecule has 0 radical (unpaired) electrons. The molecule has 3 rings (SSSR count). The number of H-pyrrole nitrogens is 1. The Balaban J connectivity index is 1.74. The van der Waals surface area contributed by atoms with E-state index in [0.717, 1.165) is 36.5 Å². The van der Waals surface area contributed by atoms with Crippen LogP contribution < -0.4 is 5.32 Å². The molecule has 19 heavy (non-hydrogen) atoms. The van der Waals surface area contributed by atoms with E-state index in [1.54, 1.807) is 0 Å². The number of nitrogens with zero attached hydrogens (tertiary/aromatic N) is 2. The van der Waals surface area contributed by atoms with Gasteiger partial charge in [0, 0.05) is 12.6 Å². The lowest BCUT2D eigenvalue weighted by atomic mass is 10.1. The van der Waals surface area contributed by atoms with Crippen molar-refractivity contribution in [3.63, 3.8) is 0 Å². The lowest BCUT2D eigenvalue weighted by Crippen LogP contribution is -2.45. The van der Waals surface area contributed by atoms with Gasteiger partial charge in [0.25, 0.3) is 0 Å². The molecule has 1 aromatic carbocycles. The summed E-state index contributed by atoms with van der Waals surface area (Å²) in [6.45, 7) is 6.49.